The maximum Gasteiger partial charge on any atom is 0.322 e. The zero-order valence-electron chi connectivity index (χ0n) is 11.3. The van der Waals surface area contributed by atoms with Gasteiger partial charge in [-0.2, -0.15) is 15.0 Å². The lowest BCUT2D eigenvalue weighted by molar-refractivity contribution is 0.379. The molecule has 0 bridgehead atoms. The van der Waals surface area contributed by atoms with E-state index in [-0.39, 0.29) is 0 Å². The number of anilines is 2. The number of ether oxygens (including phenoxy) is 1. The molecule has 1 saturated heterocycles. The van der Waals surface area contributed by atoms with Gasteiger partial charge in [0.25, 0.3) is 0 Å². The van der Waals surface area contributed by atoms with Crippen LogP contribution in [0.1, 0.15) is 26.7 Å². The van der Waals surface area contributed by atoms with Crippen molar-refractivity contribution in [1.82, 2.24) is 15.0 Å². The first kappa shape index (κ1) is 12.9. The van der Waals surface area contributed by atoms with E-state index < -0.39 is 0 Å². The van der Waals surface area contributed by atoms with Crippen LogP contribution in [0.3, 0.4) is 0 Å². The zero-order valence-corrected chi connectivity index (χ0v) is 11.3. The smallest absolute Gasteiger partial charge is 0.322 e. The van der Waals surface area contributed by atoms with E-state index in [2.05, 4.69) is 39.0 Å². The van der Waals surface area contributed by atoms with Gasteiger partial charge in [-0.3, -0.25) is 0 Å². The minimum atomic E-state index is 0.373. The Morgan fingerprint density at radius 1 is 1.39 bits per heavy atom. The van der Waals surface area contributed by atoms with E-state index in [9.17, 15) is 0 Å². The van der Waals surface area contributed by atoms with E-state index in [0.29, 0.717) is 23.8 Å². The van der Waals surface area contributed by atoms with Crippen LogP contribution in [0.5, 0.6) is 6.01 Å². The Labute approximate surface area is 108 Å². The lowest BCUT2D eigenvalue weighted by Gasteiger charge is -2.16. The SMILES string of the molecule is CCCNc1nc(OC)nc(N2CCC(C)C2)n1. The Kier molecular flexibility index (Phi) is 4.17. The molecule has 1 fully saturated rings. The Morgan fingerprint density at radius 3 is 2.83 bits per heavy atom. The lowest BCUT2D eigenvalue weighted by Crippen LogP contribution is -2.23. The predicted molar refractivity (Wildman–Crippen MR) is 71.2 cm³/mol. The van der Waals surface area contributed by atoms with Gasteiger partial charge in [0, 0.05) is 19.6 Å². The fourth-order valence-corrected chi connectivity index (χ4v) is 2.01. The molecule has 1 aliphatic rings. The molecular formula is C12H21N5O. The molecule has 2 heterocycles. The third-order valence-corrected chi connectivity index (χ3v) is 3.03. The van der Waals surface area contributed by atoms with E-state index in [1.54, 1.807) is 7.11 Å². The number of hydrogen-bond acceptors (Lipinski definition) is 6. The van der Waals surface area contributed by atoms with Crippen molar-refractivity contribution in [1.29, 1.82) is 0 Å². The minimum Gasteiger partial charge on any atom is -0.467 e. The molecule has 0 aromatic carbocycles. The predicted octanol–water partition coefficient (Wildman–Crippen LogP) is 1.55. The number of rotatable bonds is 5. The van der Waals surface area contributed by atoms with Crippen molar-refractivity contribution in [3.8, 4) is 6.01 Å². The van der Waals surface area contributed by atoms with E-state index in [4.69, 9.17) is 4.74 Å². The molecule has 6 nitrogen and oxygen atoms in total. The fourth-order valence-electron chi connectivity index (χ4n) is 2.01. The molecule has 2 rings (SSSR count). The third-order valence-electron chi connectivity index (χ3n) is 3.03. The second kappa shape index (κ2) is 5.84. The molecular weight excluding hydrogens is 230 g/mol. The summed E-state index contributed by atoms with van der Waals surface area (Å²) in [7, 11) is 1.58. The van der Waals surface area contributed by atoms with E-state index in [1.807, 2.05) is 0 Å². The average molecular weight is 251 g/mol. The van der Waals surface area contributed by atoms with Crippen LogP contribution in [-0.2, 0) is 0 Å². The second-order valence-corrected chi connectivity index (χ2v) is 4.71. The topological polar surface area (TPSA) is 63.2 Å². The molecule has 1 atom stereocenters. The van der Waals surface area contributed by atoms with Crippen LogP contribution in [0.4, 0.5) is 11.9 Å². The highest BCUT2D eigenvalue weighted by atomic mass is 16.5. The number of methoxy groups -OCH3 is 1. The van der Waals surface area contributed by atoms with Crippen LogP contribution in [0.25, 0.3) is 0 Å². The Hall–Kier alpha value is -1.59. The molecule has 0 radical (unpaired) electrons. The fraction of sp³-hybridized carbons (Fsp3) is 0.750. The van der Waals surface area contributed by atoms with Crippen molar-refractivity contribution in [2.24, 2.45) is 5.92 Å². The molecule has 0 aliphatic carbocycles. The molecule has 1 unspecified atom stereocenters. The van der Waals surface area contributed by atoms with Crippen LogP contribution >= 0.6 is 0 Å². The normalized spacial score (nSPS) is 19.1. The summed E-state index contributed by atoms with van der Waals surface area (Å²) < 4.78 is 5.13. The van der Waals surface area contributed by atoms with Gasteiger partial charge in [0.15, 0.2) is 0 Å². The Morgan fingerprint density at radius 2 is 2.22 bits per heavy atom. The summed E-state index contributed by atoms with van der Waals surface area (Å²) in [5.41, 5.74) is 0. The van der Waals surface area contributed by atoms with Gasteiger partial charge in [0.2, 0.25) is 11.9 Å². The first-order chi connectivity index (χ1) is 8.72. The van der Waals surface area contributed by atoms with E-state index in [0.717, 1.165) is 26.1 Å². The van der Waals surface area contributed by atoms with Crippen molar-refractivity contribution in [3.05, 3.63) is 0 Å². The molecule has 6 heteroatoms. The molecule has 1 aromatic heterocycles. The number of nitrogens with one attached hydrogen (secondary N) is 1. The molecule has 1 N–H and O–H groups in total. The summed E-state index contributed by atoms with van der Waals surface area (Å²) in [5.74, 6) is 2.00. The van der Waals surface area contributed by atoms with Crippen LogP contribution in [0, 0.1) is 5.92 Å². The van der Waals surface area contributed by atoms with Crippen LogP contribution < -0.4 is 15.0 Å². The summed E-state index contributed by atoms with van der Waals surface area (Å²) in [5, 5.41) is 3.18. The molecule has 0 saturated carbocycles. The van der Waals surface area contributed by atoms with E-state index >= 15 is 0 Å². The third kappa shape index (κ3) is 3.00. The van der Waals surface area contributed by atoms with Crippen molar-refractivity contribution in [2.45, 2.75) is 26.7 Å². The average Bonchev–Trinajstić information content (AvgIpc) is 2.82. The number of nitrogens with zero attached hydrogens (tertiary/aromatic N) is 4. The van der Waals surface area contributed by atoms with Crippen LogP contribution in [0.15, 0.2) is 0 Å². The first-order valence-electron chi connectivity index (χ1n) is 6.51. The quantitative estimate of drug-likeness (QED) is 0.856. The Balaban J connectivity index is 2.17. The molecule has 0 amide bonds. The standard InChI is InChI=1S/C12H21N5O/c1-4-6-13-10-14-11(16-12(15-10)18-3)17-7-5-9(2)8-17/h9H,4-8H2,1-3H3,(H,13,14,15,16). The van der Waals surface area contributed by atoms with Crippen molar-refractivity contribution in [3.63, 3.8) is 0 Å². The van der Waals surface area contributed by atoms with E-state index in [1.165, 1.54) is 6.42 Å². The molecule has 1 aliphatic heterocycles. The second-order valence-electron chi connectivity index (χ2n) is 4.71. The monoisotopic (exact) mass is 251 g/mol. The van der Waals surface area contributed by atoms with Gasteiger partial charge in [-0.25, -0.2) is 0 Å². The van der Waals surface area contributed by atoms with Gasteiger partial charge in [-0.05, 0) is 18.8 Å². The van der Waals surface area contributed by atoms with Gasteiger partial charge < -0.3 is 15.0 Å². The molecule has 18 heavy (non-hydrogen) atoms. The van der Waals surface area contributed by atoms with Crippen molar-refractivity contribution < 1.29 is 4.74 Å². The molecule has 0 spiro atoms. The van der Waals surface area contributed by atoms with Crippen molar-refractivity contribution in [2.75, 3.05) is 37.0 Å². The van der Waals surface area contributed by atoms with Gasteiger partial charge in [-0.1, -0.05) is 13.8 Å². The van der Waals surface area contributed by atoms with Crippen LogP contribution in [0.2, 0.25) is 0 Å². The summed E-state index contributed by atoms with van der Waals surface area (Å²) >= 11 is 0. The van der Waals surface area contributed by atoms with Gasteiger partial charge in [-0.15, -0.1) is 0 Å². The largest absolute Gasteiger partial charge is 0.467 e. The molecule has 1 aromatic rings. The summed E-state index contributed by atoms with van der Waals surface area (Å²) in [4.78, 5) is 15.1. The summed E-state index contributed by atoms with van der Waals surface area (Å²) in [6.07, 6.45) is 2.22. The highest BCUT2D eigenvalue weighted by Gasteiger charge is 2.22. The number of aromatic nitrogens is 3. The highest BCUT2D eigenvalue weighted by molar-refractivity contribution is 5.39. The molecule has 100 valence electrons. The number of hydrogen-bond donors (Lipinski definition) is 1. The highest BCUT2D eigenvalue weighted by Crippen LogP contribution is 2.22. The first-order valence-corrected chi connectivity index (χ1v) is 6.51. The van der Waals surface area contributed by atoms with Gasteiger partial charge >= 0.3 is 6.01 Å². The summed E-state index contributed by atoms with van der Waals surface area (Å²) in [6, 6.07) is 0.373. The zero-order chi connectivity index (χ0) is 13.0. The Bertz CT molecular complexity index is 398. The summed E-state index contributed by atoms with van der Waals surface area (Å²) in [6.45, 7) is 7.20. The maximum atomic E-state index is 5.13. The van der Waals surface area contributed by atoms with Gasteiger partial charge in [0.1, 0.15) is 0 Å². The van der Waals surface area contributed by atoms with Crippen molar-refractivity contribution >= 4 is 11.9 Å². The maximum absolute atomic E-state index is 5.13. The minimum absolute atomic E-state index is 0.373. The lowest BCUT2D eigenvalue weighted by atomic mass is 10.2. The van der Waals surface area contributed by atoms with Crippen LogP contribution in [-0.4, -0.2) is 41.7 Å². The van der Waals surface area contributed by atoms with Gasteiger partial charge in [0.05, 0.1) is 7.11 Å².